The number of aromatic nitrogens is 1. The van der Waals surface area contributed by atoms with Gasteiger partial charge in [-0.3, -0.25) is 0 Å². The number of aromatic carboxylic acids is 1. The SMILES string of the molecule is O=C(O)c1cc(Cl)cn1CCOc1ccccc1. The summed E-state index contributed by atoms with van der Waals surface area (Å²) in [4.78, 5) is 10.9. The number of carboxylic acids is 1. The van der Waals surface area contributed by atoms with E-state index in [4.69, 9.17) is 21.4 Å². The largest absolute Gasteiger partial charge is 0.492 e. The van der Waals surface area contributed by atoms with Crippen molar-refractivity contribution in [2.45, 2.75) is 6.54 Å². The molecule has 0 fully saturated rings. The van der Waals surface area contributed by atoms with E-state index in [-0.39, 0.29) is 5.69 Å². The topological polar surface area (TPSA) is 51.5 Å². The average molecular weight is 266 g/mol. The van der Waals surface area contributed by atoms with Crippen molar-refractivity contribution < 1.29 is 14.6 Å². The third kappa shape index (κ3) is 3.05. The van der Waals surface area contributed by atoms with Crippen LogP contribution >= 0.6 is 11.6 Å². The van der Waals surface area contributed by atoms with Gasteiger partial charge >= 0.3 is 5.97 Å². The summed E-state index contributed by atoms with van der Waals surface area (Å²) in [5.74, 6) is -0.241. The molecular weight excluding hydrogens is 254 g/mol. The number of rotatable bonds is 5. The Morgan fingerprint density at radius 1 is 1.33 bits per heavy atom. The summed E-state index contributed by atoms with van der Waals surface area (Å²) < 4.78 is 7.06. The Morgan fingerprint density at radius 3 is 2.72 bits per heavy atom. The Morgan fingerprint density at radius 2 is 2.06 bits per heavy atom. The molecule has 0 radical (unpaired) electrons. The summed E-state index contributed by atoms with van der Waals surface area (Å²) in [6.45, 7) is 0.818. The monoisotopic (exact) mass is 265 g/mol. The van der Waals surface area contributed by atoms with Crippen LogP contribution in [0, 0.1) is 0 Å². The average Bonchev–Trinajstić information content (AvgIpc) is 2.72. The fourth-order valence-electron chi connectivity index (χ4n) is 1.62. The predicted molar refractivity (Wildman–Crippen MR) is 68.3 cm³/mol. The van der Waals surface area contributed by atoms with Crippen LogP contribution in [0.5, 0.6) is 5.75 Å². The maximum atomic E-state index is 10.9. The van der Waals surface area contributed by atoms with E-state index in [2.05, 4.69) is 0 Å². The standard InChI is InChI=1S/C13H12ClNO3/c14-10-8-12(13(16)17)15(9-10)6-7-18-11-4-2-1-3-5-11/h1-5,8-9H,6-7H2,(H,16,17). The normalized spacial score (nSPS) is 10.3. The zero-order chi connectivity index (χ0) is 13.0. The van der Waals surface area contributed by atoms with E-state index in [9.17, 15) is 4.79 Å². The second kappa shape index (κ2) is 5.60. The van der Waals surface area contributed by atoms with Crippen LogP contribution in [0.3, 0.4) is 0 Å². The minimum absolute atomic E-state index is 0.164. The zero-order valence-corrected chi connectivity index (χ0v) is 10.3. The number of carbonyl (C=O) groups is 1. The molecule has 4 nitrogen and oxygen atoms in total. The van der Waals surface area contributed by atoms with Gasteiger partial charge in [0.15, 0.2) is 0 Å². The molecule has 0 saturated heterocycles. The summed E-state index contributed by atoms with van der Waals surface area (Å²) in [6, 6.07) is 10.8. The Balaban J connectivity index is 1.96. The van der Waals surface area contributed by atoms with E-state index in [1.165, 1.54) is 6.07 Å². The molecule has 94 valence electrons. The van der Waals surface area contributed by atoms with Gasteiger partial charge in [-0.25, -0.2) is 4.79 Å². The smallest absolute Gasteiger partial charge is 0.352 e. The van der Waals surface area contributed by atoms with Crippen LogP contribution in [0.15, 0.2) is 42.6 Å². The molecule has 0 unspecified atom stereocenters. The second-order valence-corrected chi connectivity index (χ2v) is 4.14. The van der Waals surface area contributed by atoms with Crippen LogP contribution in [0.4, 0.5) is 0 Å². The van der Waals surface area contributed by atoms with Gasteiger partial charge in [-0.05, 0) is 18.2 Å². The van der Waals surface area contributed by atoms with Crippen molar-refractivity contribution in [3.8, 4) is 5.75 Å². The molecule has 0 aliphatic heterocycles. The molecule has 0 aliphatic carbocycles. The minimum Gasteiger partial charge on any atom is -0.492 e. The first-order chi connectivity index (χ1) is 8.66. The summed E-state index contributed by atoms with van der Waals surface area (Å²) >= 11 is 5.78. The molecule has 1 heterocycles. The van der Waals surface area contributed by atoms with Crippen molar-refractivity contribution in [1.82, 2.24) is 4.57 Å². The van der Waals surface area contributed by atoms with Crippen LogP contribution in [0.1, 0.15) is 10.5 Å². The Bertz CT molecular complexity index is 536. The minimum atomic E-state index is -0.999. The molecule has 0 aliphatic rings. The van der Waals surface area contributed by atoms with E-state index < -0.39 is 5.97 Å². The second-order valence-electron chi connectivity index (χ2n) is 3.70. The highest BCUT2D eigenvalue weighted by Crippen LogP contribution is 2.14. The molecule has 0 atom stereocenters. The van der Waals surface area contributed by atoms with Gasteiger partial charge in [0.25, 0.3) is 0 Å². The van der Waals surface area contributed by atoms with E-state index in [0.29, 0.717) is 18.2 Å². The lowest BCUT2D eigenvalue weighted by Gasteiger charge is -2.08. The molecule has 1 aromatic carbocycles. The van der Waals surface area contributed by atoms with Gasteiger partial charge in [-0.2, -0.15) is 0 Å². The fourth-order valence-corrected chi connectivity index (χ4v) is 1.84. The lowest BCUT2D eigenvalue weighted by atomic mass is 10.3. The van der Waals surface area contributed by atoms with Gasteiger partial charge in [0.1, 0.15) is 18.1 Å². The molecule has 0 amide bonds. The molecule has 18 heavy (non-hydrogen) atoms. The van der Waals surface area contributed by atoms with Crippen molar-refractivity contribution in [3.63, 3.8) is 0 Å². The number of halogens is 1. The van der Waals surface area contributed by atoms with Crippen LogP contribution in [-0.4, -0.2) is 22.2 Å². The summed E-state index contributed by atoms with van der Waals surface area (Å²) in [6.07, 6.45) is 1.58. The van der Waals surface area contributed by atoms with Gasteiger partial charge < -0.3 is 14.4 Å². The van der Waals surface area contributed by atoms with E-state index >= 15 is 0 Å². The first kappa shape index (κ1) is 12.5. The molecule has 0 bridgehead atoms. The Kier molecular flexibility index (Phi) is 3.89. The predicted octanol–water partition coefficient (Wildman–Crippen LogP) is 2.92. The van der Waals surface area contributed by atoms with E-state index in [1.807, 2.05) is 30.3 Å². The molecule has 2 rings (SSSR count). The number of hydrogen-bond donors (Lipinski definition) is 1. The maximum Gasteiger partial charge on any atom is 0.352 e. The molecule has 0 saturated carbocycles. The van der Waals surface area contributed by atoms with E-state index in [0.717, 1.165) is 5.75 Å². The highest BCUT2D eigenvalue weighted by atomic mass is 35.5. The molecule has 1 aromatic heterocycles. The van der Waals surface area contributed by atoms with Crippen LogP contribution in [-0.2, 0) is 6.54 Å². The Hall–Kier alpha value is -1.94. The number of para-hydroxylation sites is 1. The number of carboxylic acid groups (broad SMARTS) is 1. The molecule has 1 N–H and O–H groups in total. The third-order valence-corrected chi connectivity index (χ3v) is 2.63. The third-order valence-electron chi connectivity index (χ3n) is 2.43. The lowest BCUT2D eigenvalue weighted by molar-refractivity contribution is 0.0684. The van der Waals surface area contributed by atoms with Gasteiger partial charge in [0.05, 0.1) is 11.6 Å². The van der Waals surface area contributed by atoms with E-state index in [1.54, 1.807) is 10.8 Å². The van der Waals surface area contributed by atoms with Crippen molar-refractivity contribution >= 4 is 17.6 Å². The van der Waals surface area contributed by atoms with Crippen molar-refractivity contribution in [1.29, 1.82) is 0 Å². The van der Waals surface area contributed by atoms with Gasteiger partial charge in [-0.1, -0.05) is 29.8 Å². The molecule has 2 aromatic rings. The zero-order valence-electron chi connectivity index (χ0n) is 9.54. The lowest BCUT2D eigenvalue weighted by Crippen LogP contribution is -2.12. The van der Waals surface area contributed by atoms with Crippen LogP contribution in [0.25, 0.3) is 0 Å². The first-order valence-corrected chi connectivity index (χ1v) is 5.81. The number of ether oxygens (including phenoxy) is 1. The maximum absolute atomic E-state index is 10.9. The molecular formula is C13H12ClNO3. The van der Waals surface area contributed by atoms with Gasteiger partial charge in [-0.15, -0.1) is 0 Å². The van der Waals surface area contributed by atoms with Gasteiger partial charge in [0.2, 0.25) is 0 Å². The molecule has 0 spiro atoms. The number of nitrogens with zero attached hydrogens (tertiary/aromatic N) is 1. The Labute approximate surface area is 109 Å². The fraction of sp³-hybridized carbons (Fsp3) is 0.154. The highest BCUT2D eigenvalue weighted by Gasteiger charge is 2.11. The van der Waals surface area contributed by atoms with Crippen molar-refractivity contribution in [2.24, 2.45) is 0 Å². The number of hydrogen-bond acceptors (Lipinski definition) is 2. The van der Waals surface area contributed by atoms with Crippen molar-refractivity contribution in [3.05, 3.63) is 53.3 Å². The van der Waals surface area contributed by atoms with Gasteiger partial charge in [0, 0.05) is 6.20 Å². The van der Waals surface area contributed by atoms with Crippen LogP contribution < -0.4 is 4.74 Å². The van der Waals surface area contributed by atoms with Crippen molar-refractivity contribution in [2.75, 3.05) is 6.61 Å². The first-order valence-electron chi connectivity index (χ1n) is 5.43. The summed E-state index contributed by atoms with van der Waals surface area (Å²) in [5, 5.41) is 9.38. The summed E-state index contributed by atoms with van der Waals surface area (Å²) in [7, 11) is 0. The number of benzene rings is 1. The molecule has 5 heteroatoms. The summed E-state index contributed by atoms with van der Waals surface area (Å²) in [5.41, 5.74) is 0.164. The highest BCUT2D eigenvalue weighted by molar-refractivity contribution is 6.30. The quantitative estimate of drug-likeness (QED) is 0.904. The van der Waals surface area contributed by atoms with Crippen LogP contribution in [0.2, 0.25) is 5.02 Å².